The number of nitrogen functional groups attached to an aromatic ring is 1. The Morgan fingerprint density at radius 3 is 2.52 bits per heavy atom. The lowest BCUT2D eigenvalue weighted by molar-refractivity contribution is 0.260. The van der Waals surface area contributed by atoms with Crippen molar-refractivity contribution in [2.24, 2.45) is 11.8 Å². The van der Waals surface area contributed by atoms with Gasteiger partial charge in [-0.15, -0.1) is 0 Å². The minimum Gasteiger partial charge on any atom is -0.368 e. The molecule has 3 N–H and O–H groups in total. The van der Waals surface area contributed by atoms with Crippen LogP contribution in [0.4, 0.5) is 17.8 Å². The predicted molar refractivity (Wildman–Crippen MR) is 85.3 cm³/mol. The van der Waals surface area contributed by atoms with Crippen molar-refractivity contribution in [1.29, 1.82) is 0 Å². The van der Waals surface area contributed by atoms with Gasteiger partial charge in [-0.2, -0.15) is 15.0 Å². The van der Waals surface area contributed by atoms with Gasteiger partial charge in [-0.05, 0) is 43.9 Å². The van der Waals surface area contributed by atoms with E-state index in [4.69, 9.17) is 5.73 Å². The summed E-state index contributed by atoms with van der Waals surface area (Å²) in [5.41, 5.74) is 5.85. The van der Waals surface area contributed by atoms with Crippen LogP contribution in [0.3, 0.4) is 0 Å². The predicted octanol–water partition coefficient (Wildman–Crippen LogP) is 2.29. The van der Waals surface area contributed by atoms with E-state index in [0.717, 1.165) is 30.9 Å². The Hall–Kier alpha value is -1.59. The highest BCUT2D eigenvalue weighted by Gasteiger charge is 2.25. The Morgan fingerprint density at radius 2 is 1.81 bits per heavy atom. The zero-order chi connectivity index (χ0) is 14.8. The maximum atomic E-state index is 5.85. The molecule has 21 heavy (non-hydrogen) atoms. The van der Waals surface area contributed by atoms with Crippen molar-refractivity contribution in [1.82, 2.24) is 15.0 Å². The molecule has 6 nitrogen and oxygen atoms in total. The van der Waals surface area contributed by atoms with Crippen LogP contribution in [0.15, 0.2) is 0 Å². The minimum absolute atomic E-state index is 0.312. The second-order valence-corrected chi connectivity index (χ2v) is 6.62. The summed E-state index contributed by atoms with van der Waals surface area (Å²) in [6.07, 6.45) is 6.01. The molecule has 3 rings (SSSR count). The van der Waals surface area contributed by atoms with Crippen molar-refractivity contribution in [3.05, 3.63) is 0 Å². The first-order chi connectivity index (χ1) is 10.1. The van der Waals surface area contributed by atoms with Gasteiger partial charge in [-0.25, -0.2) is 0 Å². The molecule has 0 spiro atoms. The van der Waals surface area contributed by atoms with Gasteiger partial charge < -0.3 is 16.0 Å². The quantitative estimate of drug-likeness (QED) is 0.889. The SMILES string of the molecule is CC1CCC(Nc2nc(N)nc(N3CCCC3)n2)CC1C. The van der Waals surface area contributed by atoms with Crippen LogP contribution >= 0.6 is 0 Å². The average molecular weight is 290 g/mol. The van der Waals surface area contributed by atoms with Crippen LogP contribution in [-0.2, 0) is 0 Å². The van der Waals surface area contributed by atoms with E-state index in [9.17, 15) is 0 Å². The second-order valence-electron chi connectivity index (χ2n) is 6.62. The Kier molecular flexibility index (Phi) is 4.12. The van der Waals surface area contributed by atoms with E-state index in [1.54, 1.807) is 0 Å². The molecule has 3 atom stereocenters. The highest BCUT2D eigenvalue weighted by atomic mass is 15.3. The third-order valence-electron chi connectivity index (χ3n) is 4.96. The van der Waals surface area contributed by atoms with Crippen molar-refractivity contribution in [3.8, 4) is 0 Å². The van der Waals surface area contributed by atoms with Gasteiger partial charge in [0.05, 0.1) is 0 Å². The van der Waals surface area contributed by atoms with Crippen LogP contribution in [0.25, 0.3) is 0 Å². The fourth-order valence-corrected chi connectivity index (χ4v) is 3.36. The zero-order valence-corrected chi connectivity index (χ0v) is 13.0. The average Bonchev–Trinajstić information content (AvgIpc) is 2.96. The van der Waals surface area contributed by atoms with Gasteiger partial charge >= 0.3 is 0 Å². The maximum absolute atomic E-state index is 5.85. The molecule has 0 radical (unpaired) electrons. The minimum atomic E-state index is 0.312. The van der Waals surface area contributed by atoms with E-state index < -0.39 is 0 Å². The molecule has 1 aromatic rings. The third kappa shape index (κ3) is 3.36. The number of rotatable bonds is 3. The number of nitrogens with one attached hydrogen (secondary N) is 1. The molecule has 2 fully saturated rings. The summed E-state index contributed by atoms with van der Waals surface area (Å²) in [5, 5.41) is 3.47. The van der Waals surface area contributed by atoms with Crippen LogP contribution in [0, 0.1) is 11.8 Å². The summed E-state index contributed by atoms with van der Waals surface area (Å²) >= 11 is 0. The number of hydrogen-bond donors (Lipinski definition) is 2. The molecule has 116 valence electrons. The number of nitrogens with zero attached hydrogens (tertiary/aromatic N) is 4. The molecule has 1 aromatic heterocycles. The van der Waals surface area contributed by atoms with E-state index in [1.807, 2.05) is 0 Å². The van der Waals surface area contributed by atoms with Crippen LogP contribution < -0.4 is 16.0 Å². The molecule has 1 aliphatic heterocycles. The molecule has 0 amide bonds. The Bertz CT molecular complexity index is 485. The maximum Gasteiger partial charge on any atom is 0.231 e. The lowest BCUT2D eigenvalue weighted by Gasteiger charge is -2.32. The second kappa shape index (κ2) is 6.03. The first-order valence-electron chi connectivity index (χ1n) is 8.15. The highest BCUT2D eigenvalue weighted by Crippen LogP contribution is 2.30. The van der Waals surface area contributed by atoms with Crippen LogP contribution in [0.2, 0.25) is 0 Å². The molecule has 2 aliphatic rings. The first-order valence-corrected chi connectivity index (χ1v) is 8.15. The fourth-order valence-electron chi connectivity index (χ4n) is 3.36. The molecular weight excluding hydrogens is 264 g/mol. The van der Waals surface area contributed by atoms with Gasteiger partial charge in [0.25, 0.3) is 0 Å². The van der Waals surface area contributed by atoms with Gasteiger partial charge in [0.15, 0.2) is 0 Å². The van der Waals surface area contributed by atoms with Gasteiger partial charge in [0.2, 0.25) is 17.8 Å². The van der Waals surface area contributed by atoms with Crippen molar-refractivity contribution >= 4 is 17.8 Å². The number of anilines is 3. The first kappa shape index (κ1) is 14.4. The highest BCUT2D eigenvalue weighted by molar-refractivity contribution is 5.42. The van der Waals surface area contributed by atoms with E-state index in [1.165, 1.54) is 32.1 Å². The smallest absolute Gasteiger partial charge is 0.231 e. The standard InChI is InChI=1S/C15H26N6/c1-10-5-6-12(9-11(10)2)17-14-18-13(16)19-15(20-14)21-7-3-4-8-21/h10-12H,3-9H2,1-2H3,(H3,16,17,18,19,20). The fraction of sp³-hybridized carbons (Fsp3) is 0.800. The Labute approximate surface area is 126 Å². The van der Waals surface area contributed by atoms with Gasteiger partial charge in [-0.1, -0.05) is 13.8 Å². The number of hydrogen-bond acceptors (Lipinski definition) is 6. The molecule has 3 unspecified atom stereocenters. The monoisotopic (exact) mass is 290 g/mol. The molecule has 0 aromatic carbocycles. The molecule has 1 saturated carbocycles. The van der Waals surface area contributed by atoms with Crippen molar-refractivity contribution in [3.63, 3.8) is 0 Å². The van der Waals surface area contributed by atoms with Crippen LogP contribution in [0.1, 0.15) is 46.0 Å². The largest absolute Gasteiger partial charge is 0.368 e. The molecule has 1 aliphatic carbocycles. The lowest BCUT2D eigenvalue weighted by Crippen LogP contribution is -2.31. The zero-order valence-electron chi connectivity index (χ0n) is 13.0. The molecule has 0 bridgehead atoms. The van der Waals surface area contributed by atoms with Crippen molar-refractivity contribution < 1.29 is 0 Å². The number of nitrogens with two attached hydrogens (primary N) is 1. The summed E-state index contributed by atoms with van der Waals surface area (Å²) in [4.78, 5) is 15.3. The van der Waals surface area contributed by atoms with Crippen molar-refractivity contribution in [2.75, 3.05) is 29.0 Å². The van der Waals surface area contributed by atoms with E-state index in [-0.39, 0.29) is 0 Å². The van der Waals surface area contributed by atoms with Gasteiger partial charge in [0, 0.05) is 19.1 Å². The topological polar surface area (TPSA) is 80.0 Å². The third-order valence-corrected chi connectivity index (χ3v) is 4.96. The van der Waals surface area contributed by atoms with Gasteiger partial charge in [-0.3, -0.25) is 0 Å². The Morgan fingerprint density at radius 1 is 1.05 bits per heavy atom. The van der Waals surface area contributed by atoms with E-state index >= 15 is 0 Å². The van der Waals surface area contributed by atoms with E-state index in [2.05, 4.69) is 39.0 Å². The van der Waals surface area contributed by atoms with Gasteiger partial charge in [0.1, 0.15) is 0 Å². The summed E-state index contributed by atoms with van der Waals surface area (Å²) in [7, 11) is 0. The summed E-state index contributed by atoms with van der Waals surface area (Å²) in [5.74, 6) is 3.22. The number of aromatic nitrogens is 3. The van der Waals surface area contributed by atoms with Crippen LogP contribution in [0.5, 0.6) is 0 Å². The Balaban J connectivity index is 1.70. The molecule has 6 heteroatoms. The van der Waals surface area contributed by atoms with Crippen molar-refractivity contribution in [2.45, 2.75) is 52.0 Å². The summed E-state index contributed by atoms with van der Waals surface area (Å²) in [6, 6.07) is 0.449. The van der Waals surface area contributed by atoms with Crippen LogP contribution in [-0.4, -0.2) is 34.1 Å². The lowest BCUT2D eigenvalue weighted by atomic mass is 9.79. The summed E-state index contributed by atoms with van der Waals surface area (Å²) in [6.45, 7) is 6.70. The summed E-state index contributed by atoms with van der Waals surface area (Å²) < 4.78 is 0. The molecular formula is C15H26N6. The molecule has 1 saturated heterocycles. The van der Waals surface area contributed by atoms with E-state index in [0.29, 0.717) is 17.9 Å². The normalized spacial score (nSPS) is 29.6. The molecule has 2 heterocycles.